The van der Waals surface area contributed by atoms with Crippen molar-refractivity contribution in [3.8, 4) is 68.3 Å². The first-order valence-corrected chi connectivity index (χ1v) is 11.8. The Morgan fingerprint density at radius 1 is 0.537 bits per heavy atom. The maximum absolute atomic E-state index is 13.0. The van der Waals surface area contributed by atoms with Crippen LogP contribution < -0.4 is 40.4 Å². The fourth-order valence-electron chi connectivity index (χ4n) is 4.61. The zero-order chi connectivity index (χ0) is 28.3. The molecular weight excluding hydrogens is 543 g/mol. The Hall–Kier alpha value is -4.90. The van der Waals surface area contributed by atoms with Gasteiger partial charge in [-0.05, 0) is 42.5 Å². The molecule has 6 aromatic rings. The van der Waals surface area contributed by atoms with Crippen LogP contribution >= 0.6 is 0 Å². The smallest absolute Gasteiger partial charge is 1.00 e. The molecule has 0 spiro atoms. The monoisotopic (exact) mass is 562 g/mol. The van der Waals surface area contributed by atoms with Crippen LogP contribution in [0.15, 0.2) is 91.2 Å². The van der Waals surface area contributed by atoms with Crippen LogP contribution in [0.2, 0.25) is 0 Å². The van der Waals surface area contributed by atoms with Crippen molar-refractivity contribution in [2.24, 2.45) is 0 Å². The fraction of sp³-hybridized carbons (Fsp3) is 0. The third-order valence-corrected chi connectivity index (χ3v) is 6.47. The van der Waals surface area contributed by atoms with Crippen molar-refractivity contribution in [2.75, 3.05) is 0 Å². The van der Waals surface area contributed by atoms with E-state index in [1.165, 1.54) is 42.5 Å². The predicted molar refractivity (Wildman–Crippen MR) is 146 cm³/mol. The Morgan fingerprint density at radius 2 is 1.12 bits per heavy atom. The molecule has 0 aliphatic heterocycles. The van der Waals surface area contributed by atoms with Gasteiger partial charge in [0.2, 0.25) is 0 Å². The third kappa shape index (κ3) is 4.74. The molecule has 200 valence electrons. The number of hydrogen-bond acceptors (Lipinski definition) is 10. The van der Waals surface area contributed by atoms with Gasteiger partial charge < -0.3 is 40.9 Å². The largest absolute Gasteiger partial charge is 1.00 e. The summed E-state index contributed by atoms with van der Waals surface area (Å²) in [6.45, 7) is 0. The van der Waals surface area contributed by atoms with Crippen molar-refractivity contribution in [1.82, 2.24) is 0 Å². The van der Waals surface area contributed by atoms with Crippen LogP contribution in [-0.4, -0.2) is 30.6 Å². The number of phenols is 6. The quantitative estimate of drug-likeness (QED) is 0.175. The molecule has 0 saturated heterocycles. The van der Waals surface area contributed by atoms with E-state index >= 15 is 0 Å². The summed E-state index contributed by atoms with van der Waals surface area (Å²) in [6.07, 6.45) is 0. The molecule has 4 aromatic carbocycles. The van der Waals surface area contributed by atoms with Crippen molar-refractivity contribution in [2.45, 2.75) is 0 Å². The molecule has 41 heavy (non-hydrogen) atoms. The van der Waals surface area contributed by atoms with Crippen LogP contribution in [0.4, 0.5) is 0 Å². The van der Waals surface area contributed by atoms with Crippen molar-refractivity contribution >= 4 is 21.9 Å². The van der Waals surface area contributed by atoms with E-state index < -0.39 is 28.1 Å². The second-order valence-corrected chi connectivity index (χ2v) is 9.06. The van der Waals surface area contributed by atoms with Gasteiger partial charge >= 0.3 is 29.6 Å². The van der Waals surface area contributed by atoms with E-state index in [2.05, 4.69) is 0 Å². The van der Waals surface area contributed by atoms with Crippen LogP contribution in [0.25, 0.3) is 55.7 Å². The van der Waals surface area contributed by atoms with E-state index in [0.29, 0.717) is 5.56 Å². The van der Waals surface area contributed by atoms with Crippen molar-refractivity contribution in [3.63, 3.8) is 0 Å². The third-order valence-electron chi connectivity index (χ3n) is 6.47. The number of rotatable bonds is 3. The Bertz CT molecular complexity index is 2120. The molecule has 0 atom stereocenters. The molecule has 2 aromatic heterocycles. The molecule has 11 heteroatoms. The predicted octanol–water partition coefficient (Wildman–Crippen LogP) is 2.25. The zero-order valence-electron chi connectivity index (χ0n) is 22.2. The van der Waals surface area contributed by atoms with Gasteiger partial charge in [-0.2, -0.15) is 0 Å². The summed E-state index contributed by atoms with van der Waals surface area (Å²) in [5, 5.41) is 61.6. The van der Waals surface area contributed by atoms with Gasteiger partial charge in [-0.1, -0.05) is 0 Å². The Labute approximate surface area is 253 Å². The number of hydrogen-bond donors (Lipinski definition) is 6. The topological polar surface area (TPSA) is 182 Å². The van der Waals surface area contributed by atoms with Gasteiger partial charge in [0, 0.05) is 47.0 Å². The zero-order valence-corrected chi connectivity index (χ0v) is 23.2. The Balaban J connectivity index is 0.00000202. The van der Waals surface area contributed by atoms with Crippen LogP contribution in [0, 0.1) is 0 Å². The molecule has 6 rings (SSSR count). The number of fused-ring (bicyclic) bond motifs is 2. The second-order valence-electron chi connectivity index (χ2n) is 9.06. The molecule has 0 bridgehead atoms. The van der Waals surface area contributed by atoms with Gasteiger partial charge in [-0.15, -0.1) is 0 Å². The molecule has 6 N–H and O–H groups in total. The van der Waals surface area contributed by atoms with Gasteiger partial charge in [0.1, 0.15) is 68.0 Å². The van der Waals surface area contributed by atoms with Crippen molar-refractivity contribution in [3.05, 3.63) is 93.2 Å². The SMILES string of the molecule is O=c1cc(-c2ccc(O)c(-c3c(O)cc4oc(-c5ccc(O)cc5)cc(=O)c4c3O)c2)oc2cc(O)cc(O)c12.[H-].[Na+]. The number of phenolic OH excluding ortho intramolecular Hbond substituents is 6. The van der Waals surface area contributed by atoms with Crippen LogP contribution in [0.1, 0.15) is 1.43 Å². The number of aromatic hydroxyl groups is 6. The molecule has 0 unspecified atom stereocenters. The van der Waals surface area contributed by atoms with Crippen LogP contribution in [-0.2, 0) is 0 Å². The Morgan fingerprint density at radius 3 is 1.80 bits per heavy atom. The van der Waals surface area contributed by atoms with Gasteiger partial charge in [-0.25, -0.2) is 0 Å². The first-order chi connectivity index (χ1) is 19.1. The van der Waals surface area contributed by atoms with Gasteiger partial charge in [-0.3, -0.25) is 9.59 Å². The van der Waals surface area contributed by atoms with Gasteiger partial charge in [0.05, 0.1) is 5.56 Å². The maximum atomic E-state index is 13.0. The summed E-state index contributed by atoms with van der Waals surface area (Å²) in [6, 6.07) is 15.4. The summed E-state index contributed by atoms with van der Waals surface area (Å²) in [5.41, 5.74) is -1.07. The minimum absolute atomic E-state index is 0. The van der Waals surface area contributed by atoms with Crippen LogP contribution in [0.5, 0.6) is 34.5 Å². The molecule has 0 amide bonds. The van der Waals surface area contributed by atoms with Gasteiger partial charge in [0.25, 0.3) is 0 Å². The van der Waals surface area contributed by atoms with Crippen molar-refractivity contribution in [1.29, 1.82) is 0 Å². The molecular formula is C30H19NaO10. The van der Waals surface area contributed by atoms with E-state index in [1.807, 2.05) is 0 Å². The summed E-state index contributed by atoms with van der Waals surface area (Å²) < 4.78 is 11.5. The fourth-order valence-corrected chi connectivity index (χ4v) is 4.61. The van der Waals surface area contributed by atoms with E-state index in [1.54, 1.807) is 0 Å². The minimum atomic E-state index is -0.650. The first kappa shape index (κ1) is 27.7. The average molecular weight is 562 g/mol. The summed E-state index contributed by atoms with van der Waals surface area (Å²) in [7, 11) is 0. The maximum Gasteiger partial charge on any atom is 1.00 e. The molecule has 0 fully saturated rings. The average Bonchev–Trinajstić information content (AvgIpc) is 2.89. The summed E-state index contributed by atoms with van der Waals surface area (Å²) in [4.78, 5) is 25.7. The standard InChI is InChI=1S/C30H18O10.Na.H/c31-15-4-1-13(2-5-15)23-11-22(37)29-26(39-23)12-20(35)27(30(29)38)17-7-14(3-6-18(17)33)24-10-21(36)28-19(34)8-16(32)9-25(28)40-24;;/h1-12,31-35,38H;;/q;+1;-1. The number of benzene rings is 4. The Kier molecular flexibility index (Phi) is 6.92. The van der Waals surface area contributed by atoms with E-state index in [4.69, 9.17) is 8.83 Å². The summed E-state index contributed by atoms with van der Waals surface area (Å²) in [5.74, 6) is -2.15. The molecule has 10 nitrogen and oxygen atoms in total. The van der Waals surface area contributed by atoms with E-state index in [0.717, 1.165) is 30.3 Å². The minimum Gasteiger partial charge on any atom is -1.00 e. The van der Waals surface area contributed by atoms with Crippen LogP contribution in [0.3, 0.4) is 0 Å². The molecule has 2 heterocycles. The first-order valence-electron chi connectivity index (χ1n) is 11.8. The molecule has 0 aliphatic rings. The van der Waals surface area contributed by atoms with E-state index in [9.17, 15) is 40.2 Å². The molecule has 0 saturated carbocycles. The van der Waals surface area contributed by atoms with E-state index in [-0.39, 0.29) is 98.4 Å². The summed E-state index contributed by atoms with van der Waals surface area (Å²) >= 11 is 0. The second kappa shape index (κ2) is 10.3. The molecule has 0 aliphatic carbocycles. The van der Waals surface area contributed by atoms with Crippen molar-refractivity contribution < 1.29 is 70.5 Å². The molecule has 0 radical (unpaired) electrons. The normalized spacial score (nSPS) is 11.0. The van der Waals surface area contributed by atoms with Gasteiger partial charge in [0.15, 0.2) is 10.9 Å².